The molecule has 0 spiro atoms. The lowest BCUT2D eigenvalue weighted by atomic mass is 10.2. The Morgan fingerprint density at radius 3 is 2.62 bits per heavy atom. The van der Waals surface area contributed by atoms with E-state index in [2.05, 4.69) is 30.9 Å². The van der Waals surface area contributed by atoms with Gasteiger partial charge in [-0.05, 0) is 43.3 Å². The fourth-order valence-electron chi connectivity index (χ4n) is 3.02. The van der Waals surface area contributed by atoms with Crippen LogP contribution in [0.15, 0.2) is 57.8 Å². The lowest BCUT2D eigenvalue weighted by Gasteiger charge is -2.08. The van der Waals surface area contributed by atoms with Gasteiger partial charge < -0.3 is 15.5 Å². The average molecular weight is 454 g/mol. The molecule has 4 aromatic rings. The number of carbonyl (C=O) groups excluding carboxylic acids is 1. The van der Waals surface area contributed by atoms with Crippen LogP contribution in [0.4, 0.5) is 0 Å². The molecule has 1 amide bonds. The Morgan fingerprint density at radius 1 is 1.21 bits per heavy atom. The molecule has 0 bridgehead atoms. The summed E-state index contributed by atoms with van der Waals surface area (Å²) in [6.45, 7) is 2.43. The number of nitrogens with one attached hydrogen (secondary N) is 1. The highest BCUT2D eigenvalue weighted by molar-refractivity contribution is 9.10. The van der Waals surface area contributed by atoms with E-state index in [-0.39, 0.29) is 22.7 Å². The van der Waals surface area contributed by atoms with Crippen LogP contribution in [0, 0.1) is 0 Å². The summed E-state index contributed by atoms with van der Waals surface area (Å²) in [5, 5.41) is 0. The molecule has 146 valence electrons. The number of aromatic nitrogens is 4. The first-order valence-electron chi connectivity index (χ1n) is 8.79. The van der Waals surface area contributed by atoms with Gasteiger partial charge in [0.2, 0.25) is 0 Å². The standard InChI is InChI=1S/C20H16BrN5O3/c1-2-29-14-8-6-13(7-9-14)26-19-16(24-20(26)28)15(17(22)27)23-18(25-19)11-4-3-5-12(21)10-11/h3-10H,2H2,1H3,(H2,22,27)(H,24,28). The molecule has 0 unspecified atom stereocenters. The van der Waals surface area contributed by atoms with Crippen molar-refractivity contribution in [2.45, 2.75) is 6.92 Å². The SMILES string of the molecule is CCOc1ccc(-n2c(=O)[nH]c3c(C(N)=O)nc(-c4cccc(Br)c4)nc32)cc1. The van der Waals surface area contributed by atoms with Crippen molar-refractivity contribution in [2.75, 3.05) is 6.61 Å². The van der Waals surface area contributed by atoms with Crippen LogP contribution >= 0.6 is 15.9 Å². The Morgan fingerprint density at radius 2 is 1.97 bits per heavy atom. The fraction of sp³-hybridized carbons (Fsp3) is 0.100. The van der Waals surface area contributed by atoms with E-state index >= 15 is 0 Å². The summed E-state index contributed by atoms with van der Waals surface area (Å²) in [6.07, 6.45) is 0. The molecule has 3 N–H and O–H groups in total. The number of nitrogens with zero attached hydrogens (tertiary/aromatic N) is 3. The number of carbonyl (C=O) groups is 1. The van der Waals surface area contributed by atoms with Crippen LogP contribution in [0.5, 0.6) is 5.75 Å². The van der Waals surface area contributed by atoms with Gasteiger partial charge in [-0.3, -0.25) is 4.79 Å². The molecule has 0 radical (unpaired) electrons. The van der Waals surface area contributed by atoms with Crippen LogP contribution in [0.2, 0.25) is 0 Å². The largest absolute Gasteiger partial charge is 0.494 e. The van der Waals surface area contributed by atoms with E-state index in [9.17, 15) is 9.59 Å². The van der Waals surface area contributed by atoms with Crippen molar-refractivity contribution in [3.05, 3.63) is 69.2 Å². The third-order valence-corrected chi connectivity index (χ3v) is 4.75. The number of hydrogen-bond acceptors (Lipinski definition) is 5. The predicted molar refractivity (Wildman–Crippen MR) is 112 cm³/mol. The van der Waals surface area contributed by atoms with Crippen molar-refractivity contribution in [1.29, 1.82) is 0 Å². The number of amides is 1. The van der Waals surface area contributed by atoms with Crippen molar-refractivity contribution in [2.24, 2.45) is 5.73 Å². The molecule has 0 saturated heterocycles. The van der Waals surface area contributed by atoms with Gasteiger partial charge in [0.05, 0.1) is 12.3 Å². The fourth-order valence-corrected chi connectivity index (χ4v) is 3.42. The van der Waals surface area contributed by atoms with Crippen LogP contribution in [0.25, 0.3) is 28.2 Å². The maximum Gasteiger partial charge on any atom is 0.332 e. The van der Waals surface area contributed by atoms with Gasteiger partial charge in [-0.15, -0.1) is 0 Å². The number of fused-ring (bicyclic) bond motifs is 1. The van der Waals surface area contributed by atoms with Crippen molar-refractivity contribution in [1.82, 2.24) is 19.5 Å². The summed E-state index contributed by atoms with van der Waals surface area (Å²) >= 11 is 3.41. The van der Waals surface area contributed by atoms with Crippen molar-refractivity contribution in [3.63, 3.8) is 0 Å². The number of benzene rings is 2. The second kappa shape index (κ2) is 7.51. The Hall–Kier alpha value is -3.46. The van der Waals surface area contributed by atoms with Crippen LogP contribution in [0.3, 0.4) is 0 Å². The summed E-state index contributed by atoms with van der Waals surface area (Å²) in [6, 6.07) is 14.3. The smallest absolute Gasteiger partial charge is 0.332 e. The molecule has 0 aliphatic carbocycles. The normalized spacial score (nSPS) is 11.0. The van der Waals surface area contributed by atoms with Gasteiger partial charge >= 0.3 is 5.69 Å². The molecule has 0 saturated carbocycles. The van der Waals surface area contributed by atoms with E-state index in [0.29, 0.717) is 23.6 Å². The van der Waals surface area contributed by atoms with Gasteiger partial charge in [-0.25, -0.2) is 19.3 Å². The first-order valence-corrected chi connectivity index (χ1v) is 9.59. The van der Waals surface area contributed by atoms with Crippen LogP contribution in [-0.2, 0) is 0 Å². The van der Waals surface area contributed by atoms with E-state index in [4.69, 9.17) is 10.5 Å². The van der Waals surface area contributed by atoms with E-state index < -0.39 is 11.6 Å². The second-order valence-electron chi connectivity index (χ2n) is 6.16. The van der Waals surface area contributed by atoms with Crippen LogP contribution in [-0.4, -0.2) is 32.0 Å². The molecule has 2 aromatic carbocycles. The number of rotatable bonds is 5. The molecule has 0 aliphatic rings. The molecular formula is C20H16BrN5O3. The number of ether oxygens (including phenoxy) is 1. The van der Waals surface area contributed by atoms with E-state index in [1.165, 1.54) is 4.57 Å². The number of H-pyrrole nitrogens is 1. The molecule has 29 heavy (non-hydrogen) atoms. The first kappa shape index (κ1) is 18.9. The highest BCUT2D eigenvalue weighted by Crippen LogP contribution is 2.24. The summed E-state index contributed by atoms with van der Waals surface area (Å²) in [4.78, 5) is 36.2. The molecule has 4 rings (SSSR count). The molecular weight excluding hydrogens is 438 g/mol. The number of hydrogen-bond donors (Lipinski definition) is 2. The zero-order chi connectivity index (χ0) is 20.5. The maximum absolute atomic E-state index is 12.7. The Bertz CT molecular complexity index is 1280. The van der Waals surface area contributed by atoms with Gasteiger partial charge in [0.1, 0.15) is 11.3 Å². The average Bonchev–Trinajstić information content (AvgIpc) is 3.03. The summed E-state index contributed by atoms with van der Waals surface area (Å²) in [5.74, 6) is 0.214. The van der Waals surface area contributed by atoms with Crippen LogP contribution in [0.1, 0.15) is 17.4 Å². The highest BCUT2D eigenvalue weighted by Gasteiger charge is 2.20. The predicted octanol–water partition coefficient (Wildman–Crippen LogP) is 3.04. The minimum atomic E-state index is -0.756. The topological polar surface area (TPSA) is 116 Å². The van der Waals surface area contributed by atoms with Gasteiger partial charge in [-0.1, -0.05) is 28.1 Å². The zero-order valence-corrected chi connectivity index (χ0v) is 16.9. The first-order chi connectivity index (χ1) is 14.0. The Labute approximate surface area is 173 Å². The zero-order valence-electron chi connectivity index (χ0n) is 15.3. The van der Waals surface area contributed by atoms with Gasteiger partial charge in [-0.2, -0.15) is 0 Å². The van der Waals surface area contributed by atoms with E-state index in [0.717, 1.165) is 4.47 Å². The minimum Gasteiger partial charge on any atom is -0.494 e. The quantitative estimate of drug-likeness (QED) is 0.481. The van der Waals surface area contributed by atoms with E-state index in [1.807, 2.05) is 31.2 Å². The summed E-state index contributed by atoms with van der Waals surface area (Å²) in [5.41, 5.74) is 6.72. The minimum absolute atomic E-state index is 0.0493. The Kier molecular flexibility index (Phi) is 4.89. The van der Waals surface area contributed by atoms with Crippen molar-refractivity contribution >= 4 is 33.0 Å². The second-order valence-corrected chi connectivity index (χ2v) is 7.08. The number of imidazole rings is 1. The van der Waals surface area contributed by atoms with Crippen LogP contribution < -0.4 is 16.2 Å². The Balaban J connectivity index is 1.97. The third kappa shape index (κ3) is 3.52. The number of halogens is 1. The molecule has 2 heterocycles. The van der Waals surface area contributed by atoms with E-state index in [1.54, 1.807) is 24.3 Å². The lowest BCUT2D eigenvalue weighted by molar-refractivity contribution is 0.0997. The monoisotopic (exact) mass is 453 g/mol. The molecule has 0 aliphatic heterocycles. The van der Waals surface area contributed by atoms with Gasteiger partial charge in [0.25, 0.3) is 5.91 Å². The maximum atomic E-state index is 12.7. The van der Waals surface area contributed by atoms with Gasteiger partial charge in [0, 0.05) is 10.0 Å². The number of primary amides is 1. The number of aromatic amines is 1. The summed E-state index contributed by atoms with van der Waals surface area (Å²) < 4.78 is 7.65. The molecule has 9 heteroatoms. The highest BCUT2D eigenvalue weighted by atomic mass is 79.9. The molecule has 2 aromatic heterocycles. The molecule has 8 nitrogen and oxygen atoms in total. The third-order valence-electron chi connectivity index (χ3n) is 4.26. The van der Waals surface area contributed by atoms with Gasteiger partial charge in [0.15, 0.2) is 17.2 Å². The van der Waals surface area contributed by atoms with Crippen molar-refractivity contribution < 1.29 is 9.53 Å². The summed E-state index contributed by atoms with van der Waals surface area (Å²) in [7, 11) is 0. The van der Waals surface area contributed by atoms with Crippen molar-refractivity contribution in [3.8, 4) is 22.8 Å². The molecule has 0 atom stereocenters. The lowest BCUT2D eigenvalue weighted by Crippen LogP contribution is -2.15. The number of nitrogens with two attached hydrogens (primary N) is 1. The molecule has 0 fully saturated rings.